The number of nitrogens with two attached hydrogens (primary N) is 1. The largest absolute Gasteiger partial charge is 0.472 e. The smallest absolute Gasteiger partial charge is 0.462 e. The van der Waals surface area contributed by atoms with E-state index in [1.54, 1.807) is 0 Å². The first-order chi connectivity index (χ1) is 22.8. The van der Waals surface area contributed by atoms with Crippen molar-refractivity contribution in [3.63, 3.8) is 0 Å². The van der Waals surface area contributed by atoms with E-state index in [0.29, 0.717) is 6.42 Å². The van der Waals surface area contributed by atoms with Gasteiger partial charge in [-0.15, -0.1) is 0 Å². The molecule has 0 saturated carbocycles. The third-order valence-electron chi connectivity index (χ3n) is 7.81. The second-order valence-electron chi connectivity index (χ2n) is 12.4. The Kier molecular flexibility index (Phi) is 33.3. The van der Waals surface area contributed by atoms with Crippen LogP contribution in [-0.4, -0.2) is 49.3 Å². The third-order valence-corrected chi connectivity index (χ3v) is 8.79. The Morgan fingerprint density at radius 2 is 1.06 bits per heavy atom. The van der Waals surface area contributed by atoms with Crippen LogP contribution in [0, 0.1) is 0 Å². The molecule has 47 heavy (non-hydrogen) atoms. The molecule has 0 aromatic rings. The van der Waals surface area contributed by atoms with E-state index in [2.05, 4.69) is 38.2 Å². The number of esters is 2. The Balaban J connectivity index is 4.23. The molecule has 0 rings (SSSR count). The van der Waals surface area contributed by atoms with Crippen molar-refractivity contribution in [3.05, 3.63) is 24.3 Å². The molecule has 276 valence electrons. The number of carbonyl (C=O) groups is 2. The number of phosphoric ester groups is 1. The highest BCUT2D eigenvalue weighted by atomic mass is 31.2. The fourth-order valence-electron chi connectivity index (χ4n) is 4.96. The average molecular weight is 688 g/mol. The molecule has 0 heterocycles. The minimum atomic E-state index is -4.37. The number of rotatable bonds is 35. The monoisotopic (exact) mass is 687 g/mol. The fourth-order valence-corrected chi connectivity index (χ4v) is 5.73. The predicted molar refractivity (Wildman–Crippen MR) is 192 cm³/mol. The summed E-state index contributed by atoms with van der Waals surface area (Å²) in [6, 6.07) is 0. The van der Waals surface area contributed by atoms with Crippen LogP contribution in [0.3, 0.4) is 0 Å². The van der Waals surface area contributed by atoms with Gasteiger partial charge in [-0.2, -0.15) is 0 Å². The Morgan fingerprint density at radius 1 is 0.617 bits per heavy atom. The van der Waals surface area contributed by atoms with E-state index < -0.39 is 32.5 Å². The lowest BCUT2D eigenvalue weighted by Gasteiger charge is -2.19. The molecule has 0 aliphatic carbocycles. The molecule has 10 heteroatoms. The van der Waals surface area contributed by atoms with Crippen molar-refractivity contribution >= 4 is 19.8 Å². The molecule has 0 saturated heterocycles. The van der Waals surface area contributed by atoms with E-state index in [1.165, 1.54) is 57.8 Å². The van der Waals surface area contributed by atoms with Crippen LogP contribution in [-0.2, 0) is 32.7 Å². The summed E-state index contributed by atoms with van der Waals surface area (Å²) < 4.78 is 32.6. The van der Waals surface area contributed by atoms with Gasteiger partial charge in [0.25, 0.3) is 0 Å². The summed E-state index contributed by atoms with van der Waals surface area (Å²) in [5.74, 6) is -0.850. The van der Waals surface area contributed by atoms with Gasteiger partial charge >= 0.3 is 19.8 Å². The summed E-state index contributed by atoms with van der Waals surface area (Å²) in [7, 11) is -4.37. The standard InChI is InChI=1S/C37H70NO8P/c1-3-5-7-9-11-13-15-16-17-18-20-21-23-25-27-29-36(39)43-33-35(34-45-47(41,42)44-32-31-38)46-37(40)30-28-26-24-22-19-14-12-10-8-6-4-2/h10,12,16-17,35H,3-9,11,13-15,18-34,38H2,1-2H3,(H,41,42). The van der Waals surface area contributed by atoms with Crippen LogP contribution in [0.5, 0.6) is 0 Å². The first-order valence-electron chi connectivity index (χ1n) is 18.8. The lowest BCUT2D eigenvalue weighted by atomic mass is 10.1. The van der Waals surface area contributed by atoms with Gasteiger partial charge in [-0.1, -0.05) is 122 Å². The average Bonchev–Trinajstić information content (AvgIpc) is 3.05. The van der Waals surface area contributed by atoms with Crippen molar-refractivity contribution < 1.29 is 37.6 Å². The SMILES string of the molecule is CCCCC=CCCCCCCCC(=O)OC(COC(=O)CCCCCCCC=CCCCCCCCC)COP(=O)(O)OCCN. The van der Waals surface area contributed by atoms with Crippen molar-refractivity contribution in [3.8, 4) is 0 Å². The van der Waals surface area contributed by atoms with Crippen molar-refractivity contribution in [2.24, 2.45) is 5.73 Å². The van der Waals surface area contributed by atoms with Crippen LogP contribution < -0.4 is 5.73 Å². The Labute approximate surface area is 287 Å². The highest BCUT2D eigenvalue weighted by Crippen LogP contribution is 2.43. The fraction of sp³-hybridized carbons (Fsp3) is 0.838. The van der Waals surface area contributed by atoms with E-state index >= 15 is 0 Å². The van der Waals surface area contributed by atoms with Crippen LogP contribution in [0.1, 0.15) is 168 Å². The summed E-state index contributed by atoms with van der Waals surface area (Å²) >= 11 is 0. The van der Waals surface area contributed by atoms with Gasteiger partial charge in [0.1, 0.15) is 6.61 Å². The molecule has 2 unspecified atom stereocenters. The van der Waals surface area contributed by atoms with Gasteiger partial charge in [-0.25, -0.2) is 4.57 Å². The molecule has 0 spiro atoms. The highest BCUT2D eigenvalue weighted by Gasteiger charge is 2.25. The summed E-state index contributed by atoms with van der Waals surface area (Å²) in [6.45, 7) is 3.65. The topological polar surface area (TPSA) is 134 Å². The van der Waals surface area contributed by atoms with Crippen molar-refractivity contribution in [1.82, 2.24) is 0 Å². The summed E-state index contributed by atoms with van der Waals surface area (Å²) in [6.07, 6.45) is 33.5. The van der Waals surface area contributed by atoms with E-state index in [0.717, 1.165) is 77.0 Å². The molecule has 9 nitrogen and oxygen atoms in total. The van der Waals surface area contributed by atoms with Crippen LogP contribution in [0.25, 0.3) is 0 Å². The summed E-state index contributed by atoms with van der Waals surface area (Å²) in [4.78, 5) is 34.6. The van der Waals surface area contributed by atoms with Gasteiger partial charge in [-0.05, 0) is 57.8 Å². The minimum Gasteiger partial charge on any atom is -0.462 e. The van der Waals surface area contributed by atoms with Crippen LogP contribution in [0.2, 0.25) is 0 Å². The lowest BCUT2D eigenvalue weighted by Crippen LogP contribution is -2.29. The van der Waals surface area contributed by atoms with Crippen molar-refractivity contribution in [2.45, 2.75) is 174 Å². The molecule has 0 fully saturated rings. The molecular formula is C37H70NO8P. The lowest BCUT2D eigenvalue weighted by molar-refractivity contribution is -0.161. The van der Waals surface area contributed by atoms with E-state index in [1.807, 2.05) is 0 Å². The Bertz CT molecular complexity index is 835. The number of unbranched alkanes of at least 4 members (excludes halogenated alkanes) is 18. The zero-order chi connectivity index (χ0) is 34.7. The normalized spacial score (nSPS) is 13.7. The first-order valence-corrected chi connectivity index (χ1v) is 20.3. The minimum absolute atomic E-state index is 0.0515. The maximum Gasteiger partial charge on any atom is 0.472 e. The molecule has 3 N–H and O–H groups in total. The molecule has 0 aromatic heterocycles. The molecule has 0 bridgehead atoms. The zero-order valence-electron chi connectivity index (χ0n) is 30.0. The number of phosphoric acid groups is 1. The second kappa shape index (κ2) is 34.4. The molecular weight excluding hydrogens is 617 g/mol. The van der Waals surface area contributed by atoms with Crippen LogP contribution in [0.15, 0.2) is 24.3 Å². The van der Waals surface area contributed by atoms with Gasteiger partial charge in [0.15, 0.2) is 6.10 Å². The third kappa shape index (κ3) is 34.2. The second-order valence-corrected chi connectivity index (χ2v) is 13.9. The van der Waals surface area contributed by atoms with Gasteiger partial charge in [0.2, 0.25) is 0 Å². The van der Waals surface area contributed by atoms with Gasteiger partial charge in [0.05, 0.1) is 13.2 Å². The molecule has 2 atom stereocenters. The Hall–Kier alpha value is -1.51. The summed E-state index contributed by atoms with van der Waals surface area (Å²) in [5.41, 5.74) is 5.32. The molecule has 0 aliphatic heterocycles. The maximum absolute atomic E-state index is 12.5. The quantitative estimate of drug-likeness (QED) is 0.0289. The molecule has 0 amide bonds. The molecule has 0 aromatic carbocycles. The zero-order valence-corrected chi connectivity index (χ0v) is 30.9. The van der Waals surface area contributed by atoms with Gasteiger partial charge in [-0.3, -0.25) is 18.6 Å². The van der Waals surface area contributed by atoms with Crippen LogP contribution in [0.4, 0.5) is 0 Å². The number of ether oxygens (including phenoxy) is 2. The van der Waals surface area contributed by atoms with Gasteiger partial charge < -0.3 is 20.1 Å². The van der Waals surface area contributed by atoms with E-state index in [4.69, 9.17) is 24.3 Å². The predicted octanol–water partition coefficient (Wildman–Crippen LogP) is 10.0. The maximum atomic E-state index is 12.5. The highest BCUT2D eigenvalue weighted by molar-refractivity contribution is 7.47. The van der Waals surface area contributed by atoms with Crippen molar-refractivity contribution in [1.29, 1.82) is 0 Å². The Morgan fingerprint density at radius 3 is 1.57 bits per heavy atom. The van der Waals surface area contributed by atoms with Gasteiger partial charge in [0, 0.05) is 19.4 Å². The number of carbonyl (C=O) groups excluding carboxylic acids is 2. The summed E-state index contributed by atoms with van der Waals surface area (Å²) in [5, 5.41) is 0. The molecule has 0 radical (unpaired) electrons. The van der Waals surface area contributed by atoms with E-state index in [-0.39, 0.29) is 32.6 Å². The number of hydrogen-bond acceptors (Lipinski definition) is 8. The van der Waals surface area contributed by atoms with E-state index in [9.17, 15) is 19.0 Å². The number of allylic oxidation sites excluding steroid dienone is 4. The van der Waals surface area contributed by atoms with Crippen LogP contribution >= 0.6 is 7.82 Å². The first kappa shape index (κ1) is 45.5. The molecule has 0 aliphatic rings. The van der Waals surface area contributed by atoms with Crippen molar-refractivity contribution in [2.75, 3.05) is 26.4 Å². The number of hydrogen-bond donors (Lipinski definition) is 2.